The van der Waals surface area contributed by atoms with Crippen molar-refractivity contribution in [3.63, 3.8) is 0 Å². The Morgan fingerprint density at radius 2 is 2.32 bits per heavy atom. The highest BCUT2D eigenvalue weighted by atomic mass is 32.1. The van der Waals surface area contributed by atoms with E-state index in [1.54, 1.807) is 12.1 Å². The molecule has 1 amide bonds. The van der Waals surface area contributed by atoms with E-state index >= 15 is 0 Å². The van der Waals surface area contributed by atoms with E-state index in [9.17, 15) is 4.79 Å². The lowest BCUT2D eigenvalue weighted by atomic mass is 10.1. The highest BCUT2D eigenvalue weighted by Gasteiger charge is 2.24. The predicted molar refractivity (Wildman–Crippen MR) is 76.3 cm³/mol. The maximum absolute atomic E-state index is 12.0. The van der Waals surface area contributed by atoms with Crippen LogP contribution >= 0.6 is 12.2 Å². The molecule has 19 heavy (non-hydrogen) atoms. The first-order chi connectivity index (χ1) is 9.16. The summed E-state index contributed by atoms with van der Waals surface area (Å²) in [6.45, 7) is 1.26. The smallest absolute Gasteiger partial charge is 0.230 e. The molecule has 6 heteroatoms. The summed E-state index contributed by atoms with van der Waals surface area (Å²) < 4.78 is 10.6. The van der Waals surface area contributed by atoms with Gasteiger partial charge in [-0.25, -0.2) is 0 Å². The van der Waals surface area contributed by atoms with Gasteiger partial charge < -0.3 is 20.5 Å². The van der Waals surface area contributed by atoms with Crippen molar-refractivity contribution in [2.45, 2.75) is 6.42 Å². The molecular formula is C13H16N2O3S. The van der Waals surface area contributed by atoms with Crippen LogP contribution in [0.5, 0.6) is 5.75 Å². The van der Waals surface area contributed by atoms with Crippen molar-refractivity contribution < 1.29 is 14.3 Å². The number of hydrogen-bond acceptors (Lipinski definition) is 4. The molecule has 0 aliphatic carbocycles. The molecule has 1 atom stereocenters. The summed E-state index contributed by atoms with van der Waals surface area (Å²) in [6.07, 6.45) is 0.752. The number of nitrogens with two attached hydrogens (primary N) is 1. The summed E-state index contributed by atoms with van der Waals surface area (Å²) in [6, 6.07) is 7.19. The topological polar surface area (TPSA) is 73.6 Å². The number of amides is 1. The highest BCUT2D eigenvalue weighted by molar-refractivity contribution is 7.80. The van der Waals surface area contributed by atoms with Crippen molar-refractivity contribution in [1.82, 2.24) is 0 Å². The molecule has 1 fully saturated rings. The van der Waals surface area contributed by atoms with E-state index < -0.39 is 0 Å². The van der Waals surface area contributed by atoms with Gasteiger partial charge in [0.1, 0.15) is 17.3 Å². The Labute approximate surface area is 117 Å². The summed E-state index contributed by atoms with van der Waals surface area (Å²) in [7, 11) is 0. The number of carbonyl (C=O) groups excluding carboxylic acids is 1. The molecule has 0 bridgehead atoms. The van der Waals surface area contributed by atoms with Crippen LogP contribution in [-0.2, 0) is 9.53 Å². The molecule has 1 aromatic carbocycles. The van der Waals surface area contributed by atoms with E-state index in [1.165, 1.54) is 0 Å². The second kappa shape index (κ2) is 6.49. The summed E-state index contributed by atoms with van der Waals surface area (Å²) >= 11 is 4.76. The molecule has 1 aliphatic rings. The third kappa shape index (κ3) is 3.90. The van der Waals surface area contributed by atoms with E-state index in [2.05, 4.69) is 5.32 Å². The van der Waals surface area contributed by atoms with Crippen LogP contribution in [0, 0.1) is 5.92 Å². The van der Waals surface area contributed by atoms with Crippen LogP contribution in [0.3, 0.4) is 0 Å². The van der Waals surface area contributed by atoms with Crippen LogP contribution in [0.4, 0.5) is 5.69 Å². The van der Waals surface area contributed by atoms with E-state index in [1.807, 2.05) is 12.1 Å². The maximum Gasteiger partial charge on any atom is 0.230 e. The second-order valence-electron chi connectivity index (χ2n) is 4.30. The SMILES string of the molecule is NC(=S)COc1ccccc1NC(=O)C1CCOC1. The first-order valence-electron chi connectivity index (χ1n) is 6.05. The van der Waals surface area contributed by atoms with Gasteiger partial charge in [0.2, 0.25) is 5.91 Å². The van der Waals surface area contributed by atoms with Gasteiger partial charge in [0.15, 0.2) is 0 Å². The van der Waals surface area contributed by atoms with Crippen LogP contribution in [0.2, 0.25) is 0 Å². The fourth-order valence-electron chi connectivity index (χ4n) is 1.82. The first-order valence-corrected chi connectivity index (χ1v) is 6.46. The molecule has 0 aromatic heterocycles. The Kier molecular flexibility index (Phi) is 4.70. The number of para-hydroxylation sites is 2. The van der Waals surface area contributed by atoms with Crippen LogP contribution in [0.25, 0.3) is 0 Å². The van der Waals surface area contributed by atoms with Gasteiger partial charge in [-0.2, -0.15) is 0 Å². The Bertz CT molecular complexity index is 473. The molecule has 1 aromatic rings. The molecule has 0 radical (unpaired) electrons. The maximum atomic E-state index is 12.0. The molecule has 0 saturated carbocycles. The average molecular weight is 280 g/mol. The van der Waals surface area contributed by atoms with Gasteiger partial charge in [-0.15, -0.1) is 0 Å². The van der Waals surface area contributed by atoms with Crippen molar-refractivity contribution >= 4 is 28.8 Å². The zero-order valence-corrected chi connectivity index (χ0v) is 11.2. The number of anilines is 1. The van der Waals surface area contributed by atoms with Gasteiger partial charge in [-0.05, 0) is 18.6 Å². The Morgan fingerprint density at radius 3 is 3.00 bits per heavy atom. The zero-order chi connectivity index (χ0) is 13.7. The molecule has 5 nitrogen and oxygen atoms in total. The second-order valence-corrected chi connectivity index (χ2v) is 4.83. The Morgan fingerprint density at radius 1 is 1.53 bits per heavy atom. The van der Waals surface area contributed by atoms with Crippen LogP contribution in [0.15, 0.2) is 24.3 Å². The van der Waals surface area contributed by atoms with Gasteiger partial charge in [-0.1, -0.05) is 24.4 Å². The molecule has 0 spiro atoms. The van der Waals surface area contributed by atoms with Crippen molar-refractivity contribution in [3.05, 3.63) is 24.3 Å². The van der Waals surface area contributed by atoms with Gasteiger partial charge in [0.05, 0.1) is 18.2 Å². The van der Waals surface area contributed by atoms with E-state index in [-0.39, 0.29) is 23.4 Å². The minimum atomic E-state index is -0.0939. The number of benzene rings is 1. The summed E-state index contributed by atoms with van der Waals surface area (Å²) in [5.41, 5.74) is 6.01. The summed E-state index contributed by atoms with van der Waals surface area (Å²) in [5.74, 6) is 0.412. The Hall–Kier alpha value is -1.66. The molecule has 3 N–H and O–H groups in total. The third-order valence-corrected chi connectivity index (χ3v) is 2.93. The zero-order valence-electron chi connectivity index (χ0n) is 10.4. The minimum Gasteiger partial charge on any atom is -0.484 e. The van der Waals surface area contributed by atoms with Gasteiger partial charge in [0, 0.05) is 6.61 Å². The van der Waals surface area contributed by atoms with E-state index in [4.69, 9.17) is 27.4 Å². The number of carbonyl (C=O) groups is 1. The lowest BCUT2D eigenvalue weighted by Gasteiger charge is -2.13. The van der Waals surface area contributed by atoms with Gasteiger partial charge in [-0.3, -0.25) is 4.79 Å². The summed E-state index contributed by atoms with van der Waals surface area (Å²) in [4.78, 5) is 12.3. The lowest BCUT2D eigenvalue weighted by Crippen LogP contribution is -2.23. The van der Waals surface area contributed by atoms with Crippen molar-refractivity contribution in [2.75, 3.05) is 25.1 Å². The largest absolute Gasteiger partial charge is 0.484 e. The molecule has 102 valence electrons. The molecule has 1 heterocycles. The van der Waals surface area contributed by atoms with E-state index in [0.29, 0.717) is 24.7 Å². The molecule has 1 saturated heterocycles. The minimum absolute atomic E-state index is 0.0520. The number of ether oxygens (including phenoxy) is 2. The fourth-order valence-corrected chi connectivity index (χ4v) is 1.88. The number of nitrogens with one attached hydrogen (secondary N) is 1. The van der Waals surface area contributed by atoms with Crippen LogP contribution in [-0.4, -0.2) is 30.7 Å². The van der Waals surface area contributed by atoms with Crippen LogP contribution < -0.4 is 15.8 Å². The fraction of sp³-hybridized carbons (Fsp3) is 0.385. The van der Waals surface area contributed by atoms with Crippen molar-refractivity contribution in [2.24, 2.45) is 11.7 Å². The number of rotatable bonds is 5. The highest BCUT2D eigenvalue weighted by Crippen LogP contribution is 2.25. The quantitative estimate of drug-likeness (QED) is 0.796. The summed E-state index contributed by atoms with van der Waals surface area (Å²) in [5, 5.41) is 2.85. The first kappa shape index (κ1) is 13.8. The van der Waals surface area contributed by atoms with Crippen molar-refractivity contribution in [1.29, 1.82) is 0 Å². The van der Waals surface area contributed by atoms with E-state index in [0.717, 1.165) is 6.42 Å². The van der Waals surface area contributed by atoms with Crippen LogP contribution in [0.1, 0.15) is 6.42 Å². The Balaban J connectivity index is 2.02. The molecular weight excluding hydrogens is 264 g/mol. The predicted octanol–water partition coefficient (Wildman–Crippen LogP) is 1.33. The standard InChI is InChI=1S/C13H16N2O3S/c14-12(19)8-18-11-4-2-1-3-10(11)15-13(16)9-5-6-17-7-9/h1-4,9H,5-8H2,(H2,14,19)(H,15,16). The average Bonchev–Trinajstić information content (AvgIpc) is 2.91. The number of hydrogen-bond donors (Lipinski definition) is 2. The molecule has 2 rings (SSSR count). The number of thiocarbonyl (C=S) groups is 1. The lowest BCUT2D eigenvalue weighted by molar-refractivity contribution is -0.119. The van der Waals surface area contributed by atoms with Gasteiger partial charge >= 0.3 is 0 Å². The normalized spacial score (nSPS) is 18.0. The van der Waals surface area contributed by atoms with Gasteiger partial charge in [0.25, 0.3) is 0 Å². The molecule has 1 aliphatic heterocycles. The van der Waals surface area contributed by atoms with Crippen molar-refractivity contribution in [3.8, 4) is 5.75 Å². The third-order valence-electron chi connectivity index (χ3n) is 2.82. The monoisotopic (exact) mass is 280 g/mol. The molecule has 1 unspecified atom stereocenters.